The molecule has 0 aliphatic rings. The molecular formula is C29H34N6. The Morgan fingerprint density at radius 1 is 0.857 bits per heavy atom. The van der Waals surface area contributed by atoms with E-state index >= 15 is 0 Å². The van der Waals surface area contributed by atoms with Crippen LogP contribution in [0.5, 0.6) is 0 Å². The first-order valence-corrected chi connectivity index (χ1v) is 12.4. The molecule has 0 atom stereocenters. The Morgan fingerprint density at radius 3 is 2.46 bits per heavy atom. The summed E-state index contributed by atoms with van der Waals surface area (Å²) in [6, 6.07) is 16.2. The van der Waals surface area contributed by atoms with Gasteiger partial charge in [0.05, 0.1) is 11.7 Å². The molecular weight excluding hydrogens is 432 g/mol. The molecule has 6 nitrogen and oxygen atoms in total. The van der Waals surface area contributed by atoms with Crippen LogP contribution in [0.4, 0.5) is 5.69 Å². The van der Waals surface area contributed by atoms with Gasteiger partial charge in [0.25, 0.3) is 0 Å². The van der Waals surface area contributed by atoms with Crippen LogP contribution in [0.15, 0.2) is 73.3 Å². The minimum Gasteiger partial charge on any atom is -0.399 e. The van der Waals surface area contributed by atoms with E-state index in [9.17, 15) is 0 Å². The van der Waals surface area contributed by atoms with E-state index in [1.54, 1.807) is 6.20 Å². The number of nitrogens with zero attached hydrogens (tertiary/aromatic N) is 4. The predicted octanol–water partition coefficient (Wildman–Crippen LogP) is 6.29. The summed E-state index contributed by atoms with van der Waals surface area (Å²) >= 11 is 0. The summed E-state index contributed by atoms with van der Waals surface area (Å²) in [7, 11) is 0. The second-order valence-corrected chi connectivity index (χ2v) is 8.77. The smallest absolute Gasteiger partial charge is 0.162 e. The molecule has 6 heteroatoms. The second kappa shape index (κ2) is 11.6. The normalized spacial score (nSPS) is 10.9. The first-order valence-electron chi connectivity index (χ1n) is 12.4. The van der Waals surface area contributed by atoms with E-state index in [4.69, 9.17) is 10.7 Å². The monoisotopic (exact) mass is 466 g/mol. The Morgan fingerprint density at radius 2 is 1.69 bits per heavy atom. The average molecular weight is 467 g/mol. The first kappa shape index (κ1) is 24.4. The molecule has 0 saturated carbocycles. The SMILES string of the molecule is CCCCNCCC.Cc1ccc(-c2cnc3c(-c4ccnc5cc(N)ccc45)cnn3c2)cc1. The van der Waals surface area contributed by atoms with Gasteiger partial charge in [0.15, 0.2) is 5.65 Å². The highest BCUT2D eigenvalue weighted by Gasteiger charge is 2.12. The van der Waals surface area contributed by atoms with Crippen molar-refractivity contribution in [3.8, 4) is 22.3 Å². The summed E-state index contributed by atoms with van der Waals surface area (Å²) in [6.07, 6.45) is 11.4. The summed E-state index contributed by atoms with van der Waals surface area (Å²) in [5, 5.41) is 8.90. The maximum atomic E-state index is 5.90. The zero-order valence-corrected chi connectivity index (χ0v) is 20.8. The van der Waals surface area contributed by atoms with Crippen molar-refractivity contribution in [1.82, 2.24) is 24.9 Å². The number of unbranched alkanes of at least 4 members (excludes halogenated alkanes) is 1. The van der Waals surface area contributed by atoms with Gasteiger partial charge in [-0.25, -0.2) is 9.50 Å². The summed E-state index contributed by atoms with van der Waals surface area (Å²) in [5.74, 6) is 0. The summed E-state index contributed by atoms with van der Waals surface area (Å²) in [6.45, 7) is 8.87. The van der Waals surface area contributed by atoms with E-state index in [-0.39, 0.29) is 0 Å². The molecule has 0 fully saturated rings. The molecule has 0 aliphatic carbocycles. The van der Waals surface area contributed by atoms with E-state index in [1.165, 1.54) is 37.9 Å². The number of anilines is 1. The van der Waals surface area contributed by atoms with E-state index < -0.39 is 0 Å². The molecule has 180 valence electrons. The Hall–Kier alpha value is -3.77. The highest BCUT2D eigenvalue weighted by molar-refractivity contribution is 5.98. The number of aryl methyl sites for hydroxylation is 1. The topological polar surface area (TPSA) is 81.1 Å². The summed E-state index contributed by atoms with van der Waals surface area (Å²) < 4.78 is 1.83. The lowest BCUT2D eigenvalue weighted by Crippen LogP contribution is -2.15. The van der Waals surface area contributed by atoms with Crippen LogP contribution in [0.2, 0.25) is 0 Å². The number of nitrogens with one attached hydrogen (secondary N) is 1. The molecule has 3 aromatic heterocycles. The standard InChI is InChI=1S/C22H17N5.C7H17N/c1-14-2-4-15(5-3-14)16-11-25-22-20(12-26-27(22)13-16)18-8-9-24-21-10-17(23)6-7-19(18)21;1-3-5-7-8-6-4-2/h2-13H,23H2,1H3;8H,3-7H2,1-2H3. The largest absolute Gasteiger partial charge is 0.399 e. The zero-order valence-electron chi connectivity index (χ0n) is 20.8. The van der Waals surface area contributed by atoms with Gasteiger partial charge in [-0.1, -0.05) is 56.2 Å². The number of rotatable bonds is 7. The van der Waals surface area contributed by atoms with Crippen LogP contribution < -0.4 is 11.1 Å². The van der Waals surface area contributed by atoms with Crippen molar-refractivity contribution in [3.05, 3.63) is 78.9 Å². The first-order chi connectivity index (χ1) is 17.1. The lowest BCUT2D eigenvalue weighted by Gasteiger charge is -2.06. The third kappa shape index (κ3) is 5.84. The predicted molar refractivity (Wildman–Crippen MR) is 146 cm³/mol. The van der Waals surface area contributed by atoms with Crippen molar-refractivity contribution in [3.63, 3.8) is 0 Å². The number of benzene rings is 2. The van der Waals surface area contributed by atoms with E-state index in [0.717, 1.165) is 38.8 Å². The van der Waals surface area contributed by atoms with Gasteiger partial charge in [0.2, 0.25) is 0 Å². The van der Waals surface area contributed by atoms with Crippen molar-refractivity contribution in [2.75, 3.05) is 18.8 Å². The van der Waals surface area contributed by atoms with Crippen molar-refractivity contribution in [2.24, 2.45) is 0 Å². The number of nitrogens with two attached hydrogens (primary N) is 1. The van der Waals surface area contributed by atoms with Crippen LogP contribution >= 0.6 is 0 Å². The number of pyridine rings is 1. The lowest BCUT2D eigenvalue weighted by molar-refractivity contribution is 0.633. The Balaban J connectivity index is 0.000000314. The highest BCUT2D eigenvalue weighted by Crippen LogP contribution is 2.31. The molecule has 3 heterocycles. The van der Waals surface area contributed by atoms with Crippen LogP contribution in [-0.2, 0) is 0 Å². The fourth-order valence-electron chi connectivity index (χ4n) is 3.96. The van der Waals surface area contributed by atoms with Crippen molar-refractivity contribution in [1.29, 1.82) is 0 Å². The molecule has 0 bridgehead atoms. The van der Waals surface area contributed by atoms with Gasteiger partial charge in [-0.2, -0.15) is 5.10 Å². The maximum Gasteiger partial charge on any atom is 0.162 e. The molecule has 0 unspecified atom stereocenters. The second-order valence-electron chi connectivity index (χ2n) is 8.77. The van der Waals surface area contributed by atoms with E-state index in [1.807, 2.05) is 47.4 Å². The van der Waals surface area contributed by atoms with Crippen molar-refractivity contribution < 1.29 is 0 Å². The van der Waals surface area contributed by atoms with Crippen LogP contribution in [-0.4, -0.2) is 32.7 Å². The quantitative estimate of drug-likeness (QED) is 0.218. The third-order valence-electron chi connectivity index (χ3n) is 5.93. The lowest BCUT2D eigenvalue weighted by atomic mass is 10.0. The fraction of sp³-hybridized carbons (Fsp3) is 0.276. The van der Waals surface area contributed by atoms with Gasteiger partial charge in [-0.15, -0.1) is 0 Å². The molecule has 0 aliphatic heterocycles. The van der Waals surface area contributed by atoms with Crippen LogP contribution in [0.1, 0.15) is 38.7 Å². The molecule has 0 amide bonds. The molecule has 3 N–H and O–H groups in total. The van der Waals surface area contributed by atoms with Crippen LogP contribution in [0, 0.1) is 6.92 Å². The van der Waals surface area contributed by atoms with Gasteiger partial charge in [-0.05, 0) is 62.2 Å². The minimum absolute atomic E-state index is 0.702. The number of nitrogen functional groups attached to an aromatic ring is 1. The Bertz CT molecular complexity index is 1380. The average Bonchev–Trinajstić information content (AvgIpc) is 3.30. The van der Waals surface area contributed by atoms with Gasteiger partial charge in [0, 0.05) is 40.8 Å². The Kier molecular flexibility index (Phi) is 8.06. The number of hydrogen-bond acceptors (Lipinski definition) is 5. The zero-order chi connectivity index (χ0) is 24.6. The molecule has 2 aromatic carbocycles. The fourth-order valence-corrected chi connectivity index (χ4v) is 3.96. The van der Waals surface area contributed by atoms with E-state index in [0.29, 0.717) is 5.69 Å². The number of hydrogen-bond donors (Lipinski definition) is 2. The summed E-state index contributed by atoms with van der Waals surface area (Å²) in [5.41, 5.74) is 13.7. The van der Waals surface area contributed by atoms with Gasteiger partial charge in [-0.3, -0.25) is 4.98 Å². The molecule has 0 spiro atoms. The minimum atomic E-state index is 0.702. The van der Waals surface area contributed by atoms with Crippen LogP contribution in [0.3, 0.4) is 0 Å². The Labute approximate surface area is 207 Å². The van der Waals surface area contributed by atoms with Crippen LogP contribution in [0.25, 0.3) is 38.8 Å². The number of aromatic nitrogens is 4. The molecule has 35 heavy (non-hydrogen) atoms. The maximum absolute atomic E-state index is 5.90. The van der Waals surface area contributed by atoms with Gasteiger partial charge >= 0.3 is 0 Å². The van der Waals surface area contributed by atoms with Gasteiger partial charge in [0.1, 0.15) is 0 Å². The molecule has 5 aromatic rings. The third-order valence-corrected chi connectivity index (χ3v) is 5.93. The highest BCUT2D eigenvalue weighted by atomic mass is 15.2. The molecule has 0 radical (unpaired) electrons. The summed E-state index contributed by atoms with van der Waals surface area (Å²) in [4.78, 5) is 9.12. The molecule has 5 rings (SSSR count). The van der Waals surface area contributed by atoms with E-state index in [2.05, 4.69) is 60.4 Å². The van der Waals surface area contributed by atoms with Gasteiger partial charge < -0.3 is 11.1 Å². The van der Waals surface area contributed by atoms with Crippen molar-refractivity contribution in [2.45, 2.75) is 40.0 Å². The number of fused-ring (bicyclic) bond motifs is 2. The molecule has 0 saturated heterocycles. The van der Waals surface area contributed by atoms with Crippen molar-refractivity contribution >= 4 is 22.2 Å².